The number of likely N-dealkylation sites (tertiary alicyclic amines) is 1. The second-order valence-corrected chi connectivity index (χ2v) is 5.64. The summed E-state index contributed by atoms with van der Waals surface area (Å²) in [7, 11) is 0. The summed E-state index contributed by atoms with van der Waals surface area (Å²) in [6.45, 7) is 8.89. The van der Waals surface area contributed by atoms with E-state index in [1.54, 1.807) is 11.3 Å². The smallest absolute Gasteiger partial charge is 0.0897 e. The van der Waals surface area contributed by atoms with Crippen LogP contribution in [-0.4, -0.2) is 35.6 Å². The standard InChI is InChI=1S/C12H21N3S/c1-10(15-5-3-4-6-15)7-13-8-12-9-16-11(2)14-12/h9-10,13H,3-8H2,1-2H3. The van der Waals surface area contributed by atoms with Gasteiger partial charge < -0.3 is 5.32 Å². The third-order valence-electron chi connectivity index (χ3n) is 3.18. The molecule has 0 radical (unpaired) electrons. The average Bonchev–Trinajstić information content (AvgIpc) is 2.89. The first-order valence-corrected chi connectivity index (χ1v) is 6.99. The lowest BCUT2D eigenvalue weighted by Crippen LogP contribution is -2.38. The van der Waals surface area contributed by atoms with Crippen LogP contribution in [0.3, 0.4) is 0 Å². The molecule has 0 amide bonds. The molecule has 1 fully saturated rings. The normalized spacial score (nSPS) is 19.1. The van der Waals surface area contributed by atoms with Crippen molar-refractivity contribution in [2.45, 2.75) is 39.3 Å². The first-order chi connectivity index (χ1) is 7.75. The minimum Gasteiger partial charge on any atom is -0.310 e. The molecule has 0 spiro atoms. The maximum absolute atomic E-state index is 4.45. The summed E-state index contributed by atoms with van der Waals surface area (Å²) in [5, 5.41) is 6.79. The highest BCUT2D eigenvalue weighted by Crippen LogP contribution is 2.11. The number of nitrogens with one attached hydrogen (secondary N) is 1. The number of aromatic nitrogens is 1. The number of nitrogens with zero attached hydrogens (tertiary/aromatic N) is 2. The summed E-state index contributed by atoms with van der Waals surface area (Å²) in [6, 6.07) is 0.655. The first-order valence-electron chi connectivity index (χ1n) is 6.11. The van der Waals surface area contributed by atoms with Gasteiger partial charge in [0.2, 0.25) is 0 Å². The second-order valence-electron chi connectivity index (χ2n) is 4.58. The Labute approximate surface area is 102 Å². The van der Waals surface area contributed by atoms with Crippen molar-refractivity contribution in [3.63, 3.8) is 0 Å². The lowest BCUT2D eigenvalue weighted by atomic mass is 10.3. The van der Waals surface area contributed by atoms with E-state index in [1.165, 1.54) is 31.6 Å². The molecular weight excluding hydrogens is 218 g/mol. The predicted molar refractivity (Wildman–Crippen MR) is 68.8 cm³/mol. The summed E-state index contributed by atoms with van der Waals surface area (Å²) in [6.07, 6.45) is 2.74. The average molecular weight is 239 g/mol. The van der Waals surface area contributed by atoms with E-state index < -0.39 is 0 Å². The Hall–Kier alpha value is -0.450. The van der Waals surface area contributed by atoms with Crippen LogP contribution in [0, 0.1) is 6.92 Å². The molecule has 2 rings (SSSR count). The fraction of sp³-hybridized carbons (Fsp3) is 0.750. The Morgan fingerprint density at radius 2 is 2.25 bits per heavy atom. The van der Waals surface area contributed by atoms with E-state index in [2.05, 4.69) is 34.4 Å². The van der Waals surface area contributed by atoms with Crippen LogP contribution in [0.1, 0.15) is 30.5 Å². The van der Waals surface area contributed by atoms with Crippen LogP contribution < -0.4 is 5.32 Å². The Balaban J connectivity index is 1.67. The summed E-state index contributed by atoms with van der Waals surface area (Å²) in [5.41, 5.74) is 1.18. The number of hydrogen-bond donors (Lipinski definition) is 1. The fourth-order valence-electron chi connectivity index (χ4n) is 2.21. The van der Waals surface area contributed by atoms with Crippen LogP contribution in [-0.2, 0) is 6.54 Å². The molecule has 0 bridgehead atoms. The van der Waals surface area contributed by atoms with Gasteiger partial charge >= 0.3 is 0 Å². The second kappa shape index (κ2) is 5.75. The molecular formula is C12H21N3S. The van der Waals surface area contributed by atoms with E-state index >= 15 is 0 Å². The minimum atomic E-state index is 0.655. The molecule has 1 aromatic heterocycles. The highest BCUT2D eigenvalue weighted by molar-refractivity contribution is 7.09. The van der Waals surface area contributed by atoms with E-state index in [0.717, 1.165) is 18.1 Å². The topological polar surface area (TPSA) is 28.2 Å². The first kappa shape index (κ1) is 12.0. The van der Waals surface area contributed by atoms with E-state index in [-0.39, 0.29) is 0 Å². The van der Waals surface area contributed by atoms with Crippen molar-refractivity contribution in [2.75, 3.05) is 19.6 Å². The summed E-state index contributed by atoms with van der Waals surface area (Å²) in [5.74, 6) is 0. The zero-order valence-electron chi connectivity index (χ0n) is 10.2. The van der Waals surface area contributed by atoms with Crippen molar-refractivity contribution in [1.82, 2.24) is 15.2 Å². The Morgan fingerprint density at radius 1 is 1.50 bits per heavy atom. The van der Waals surface area contributed by atoms with Gasteiger partial charge in [-0.1, -0.05) is 0 Å². The minimum absolute atomic E-state index is 0.655. The highest BCUT2D eigenvalue weighted by atomic mass is 32.1. The largest absolute Gasteiger partial charge is 0.310 e. The van der Waals surface area contributed by atoms with Crippen molar-refractivity contribution < 1.29 is 0 Å². The molecule has 0 aromatic carbocycles. The van der Waals surface area contributed by atoms with E-state index in [4.69, 9.17) is 0 Å². The highest BCUT2D eigenvalue weighted by Gasteiger charge is 2.17. The molecule has 0 saturated carbocycles. The maximum Gasteiger partial charge on any atom is 0.0897 e. The van der Waals surface area contributed by atoms with Gasteiger partial charge in [0.15, 0.2) is 0 Å². The number of aryl methyl sites for hydroxylation is 1. The molecule has 0 aliphatic carbocycles. The number of rotatable bonds is 5. The molecule has 4 heteroatoms. The molecule has 16 heavy (non-hydrogen) atoms. The summed E-state index contributed by atoms with van der Waals surface area (Å²) in [4.78, 5) is 7.02. The molecule has 1 aliphatic heterocycles. The van der Waals surface area contributed by atoms with Crippen LogP contribution in [0.5, 0.6) is 0 Å². The molecule has 90 valence electrons. The van der Waals surface area contributed by atoms with Crippen molar-refractivity contribution in [3.05, 3.63) is 16.1 Å². The van der Waals surface area contributed by atoms with Gasteiger partial charge in [-0.2, -0.15) is 0 Å². The van der Waals surface area contributed by atoms with Crippen molar-refractivity contribution in [2.24, 2.45) is 0 Å². The van der Waals surface area contributed by atoms with Crippen LogP contribution >= 0.6 is 11.3 Å². The number of hydrogen-bond acceptors (Lipinski definition) is 4. The third-order valence-corrected chi connectivity index (χ3v) is 4.00. The van der Waals surface area contributed by atoms with Crippen molar-refractivity contribution >= 4 is 11.3 Å². The lowest BCUT2D eigenvalue weighted by molar-refractivity contribution is 0.251. The quantitative estimate of drug-likeness (QED) is 0.852. The van der Waals surface area contributed by atoms with Gasteiger partial charge in [0.1, 0.15) is 0 Å². The number of thiazole rings is 1. The van der Waals surface area contributed by atoms with Crippen LogP contribution in [0.4, 0.5) is 0 Å². The molecule has 3 nitrogen and oxygen atoms in total. The fourth-order valence-corrected chi connectivity index (χ4v) is 2.82. The monoisotopic (exact) mass is 239 g/mol. The van der Waals surface area contributed by atoms with Gasteiger partial charge in [-0.3, -0.25) is 4.90 Å². The van der Waals surface area contributed by atoms with Crippen molar-refractivity contribution in [3.8, 4) is 0 Å². The zero-order valence-corrected chi connectivity index (χ0v) is 11.0. The van der Waals surface area contributed by atoms with E-state index in [1.807, 2.05) is 0 Å². The molecule has 1 saturated heterocycles. The van der Waals surface area contributed by atoms with Gasteiger partial charge in [-0.05, 0) is 39.8 Å². The predicted octanol–water partition coefficient (Wildman–Crippen LogP) is 2.03. The maximum atomic E-state index is 4.45. The Morgan fingerprint density at radius 3 is 2.88 bits per heavy atom. The van der Waals surface area contributed by atoms with Gasteiger partial charge in [0.05, 0.1) is 10.7 Å². The third kappa shape index (κ3) is 3.27. The summed E-state index contributed by atoms with van der Waals surface area (Å²) >= 11 is 1.73. The Kier molecular flexibility index (Phi) is 4.32. The van der Waals surface area contributed by atoms with Crippen molar-refractivity contribution in [1.29, 1.82) is 0 Å². The lowest BCUT2D eigenvalue weighted by Gasteiger charge is -2.23. The van der Waals surface area contributed by atoms with Gasteiger partial charge in [-0.25, -0.2) is 4.98 Å². The summed E-state index contributed by atoms with van der Waals surface area (Å²) < 4.78 is 0. The molecule has 2 heterocycles. The molecule has 1 atom stereocenters. The van der Waals surface area contributed by atoms with Crippen LogP contribution in [0.15, 0.2) is 5.38 Å². The SMILES string of the molecule is Cc1nc(CNCC(C)N2CCCC2)cs1. The Bertz CT molecular complexity index is 318. The molecule has 1 aromatic rings. The van der Waals surface area contributed by atoms with E-state index in [0.29, 0.717) is 6.04 Å². The molecule has 1 N–H and O–H groups in total. The van der Waals surface area contributed by atoms with Gasteiger partial charge in [0.25, 0.3) is 0 Å². The zero-order chi connectivity index (χ0) is 11.4. The van der Waals surface area contributed by atoms with Gasteiger partial charge in [0, 0.05) is 24.5 Å². The van der Waals surface area contributed by atoms with Crippen LogP contribution in [0.2, 0.25) is 0 Å². The van der Waals surface area contributed by atoms with Gasteiger partial charge in [-0.15, -0.1) is 11.3 Å². The van der Waals surface area contributed by atoms with E-state index in [9.17, 15) is 0 Å². The van der Waals surface area contributed by atoms with Crippen LogP contribution in [0.25, 0.3) is 0 Å². The molecule has 1 aliphatic rings. The molecule has 1 unspecified atom stereocenters.